The standard InChI is InChI=1S/C35H54N4O3/c1-21(2)24-10-13-35(30(41)37-17-16-36)15-14-33(6)25(28(24)35)8-9-27-31(4)18-23-19-38-39-29(23)32(5,20-42-22(3)40)26(31)11-12-34(27,33)7/h19,24-28H,1,8-18,20,36H2,2-7H3,(H,37,41)(H,38,39)/t24-,25+,26+,27+,28+,31-,32-,33+,34+,35-/m0/s1. The van der Waals surface area contributed by atoms with Crippen LogP contribution in [0.4, 0.5) is 0 Å². The van der Waals surface area contributed by atoms with Gasteiger partial charge in [-0.05, 0) is 116 Å². The fourth-order valence-electron chi connectivity index (χ4n) is 12.5. The maximum Gasteiger partial charge on any atom is 0.302 e. The Morgan fingerprint density at radius 1 is 1.05 bits per heavy atom. The molecule has 7 heteroatoms. The van der Waals surface area contributed by atoms with Gasteiger partial charge in [0.15, 0.2) is 0 Å². The number of nitrogens with two attached hydrogens (primary N) is 1. The van der Waals surface area contributed by atoms with Gasteiger partial charge in [-0.25, -0.2) is 0 Å². The van der Waals surface area contributed by atoms with Crippen LogP contribution in [0.5, 0.6) is 0 Å². The van der Waals surface area contributed by atoms with E-state index in [1.54, 1.807) is 0 Å². The van der Waals surface area contributed by atoms with Crippen molar-refractivity contribution in [3.63, 3.8) is 0 Å². The topological polar surface area (TPSA) is 110 Å². The number of nitrogens with one attached hydrogen (secondary N) is 2. The first kappa shape index (κ1) is 29.9. The fourth-order valence-corrected chi connectivity index (χ4v) is 12.5. The molecule has 42 heavy (non-hydrogen) atoms. The highest BCUT2D eigenvalue weighted by molar-refractivity contribution is 5.84. The summed E-state index contributed by atoms with van der Waals surface area (Å²) in [5, 5.41) is 11.1. The van der Waals surface area contributed by atoms with Crippen LogP contribution in [0, 0.1) is 51.2 Å². The highest BCUT2D eigenvalue weighted by atomic mass is 16.5. The van der Waals surface area contributed by atoms with Gasteiger partial charge < -0.3 is 15.8 Å². The lowest BCUT2D eigenvalue weighted by Gasteiger charge is -2.72. The molecule has 4 saturated carbocycles. The smallest absolute Gasteiger partial charge is 0.302 e. The van der Waals surface area contributed by atoms with Crippen LogP contribution in [0.3, 0.4) is 0 Å². The number of aromatic nitrogens is 2. The molecule has 232 valence electrons. The lowest BCUT2D eigenvalue weighted by Crippen LogP contribution is -2.67. The van der Waals surface area contributed by atoms with E-state index in [9.17, 15) is 9.59 Å². The minimum absolute atomic E-state index is 0.0726. The van der Waals surface area contributed by atoms with Crippen molar-refractivity contribution in [3.8, 4) is 0 Å². The largest absolute Gasteiger partial charge is 0.465 e. The Bertz CT molecular complexity index is 1270. The number of aromatic amines is 1. The lowest BCUT2D eigenvalue weighted by atomic mass is 9.32. The molecule has 4 N–H and O–H groups in total. The molecule has 0 aromatic carbocycles. The number of ether oxygens (including phenoxy) is 1. The molecule has 1 aromatic rings. The molecule has 7 nitrogen and oxygen atoms in total. The first-order valence-corrected chi connectivity index (χ1v) is 16.6. The number of allylic oxidation sites excluding steroid dienone is 1. The van der Waals surface area contributed by atoms with E-state index < -0.39 is 0 Å². The number of fused-ring (bicyclic) bond motifs is 8. The summed E-state index contributed by atoms with van der Waals surface area (Å²) in [4.78, 5) is 25.9. The molecule has 0 saturated heterocycles. The highest BCUT2D eigenvalue weighted by Gasteiger charge is 2.72. The highest BCUT2D eigenvalue weighted by Crippen LogP contribution is 2.77. The quantitative estimate of drug-likeness (QED) is 0.296. The Hall–Kier alpha value is -2.15. The van der Waals surface area contributed by atoms with Crippen molar-refractivity contribution in [2.24, 2.45) is 57.0 Å². The number of carbonyl (C=O) groups excluding carboxylic acids is 2. The van der Waals surface area contributed by atoms with Crippen molar-refractivity contribution in [1.29, 1.82) is 0 Å². The van der Waals surface area contributed by atoms with Gasteiger partial charge in [-0.3, -0.25) is 14.7 Å². The summed E-state index contributed by atoms with van der Waals surface area (Å²) in [5.74, 6) is 2.22. The van der Waals surface area contributed by atoms with Crippen LogP contribution in [-0.4, -0.2) is 41.8 Å². The van der Waals surface area contributed by atoms with Gasteiger partial charge >= 0.3 is 5.97 Å². The molecule has 5 aliphatic rings. The third-order valence-electron chi connectivity index (χ3n) is 14.4. The maximum absolute atomic E-state index is 13.9. The normalized spacial score (nSPS) is 45.5. The summed E-state index contributed by atoms with van der Waals surface area (Å²) in [7, 11) is 0. The van der Waals surface area contributed by atoms with E-state index >= 15 is 0 Å². The van der Waals surface area contributed by atoms with Crippen molar-refractivity contribution in [1.82, 2.24) is 15.5 Å². The second kappa shape index (κ2) is 9.93. The second-order valence-electron chi connectivity index (χ2n) is 16.0. The maximum atomic E-state index is 13.9. The molecular formula is C35H54N4O3. The molecule has 0 aliphatic heterocycles. The van der Waals surface area contributed by atoms with Crippen molar-refractivity contribution < 1.29 is 14.3 Å². The van der Waals surface area contributed by atoms with Crippen LogP contribution in [0.1, 0.15) is 104 Å². The molecule has 6 rings (SSSR count). The molecular weight excluding hydrogens is 524 g/mol. The van der Waals surface area contributed by atoms with Crippen LogP contribution in [0.25, 0.3) is 0 Å². The Labute approximate surface area is 252 Å². The van der Waals surface area contributed by atoms with Crippen molar-refractivity contribution in [2.45, 2.75) is 105 Å². The van der Waals surface area contributed by atoms with Gasteiger partial charge in [0.05, 0.1) is 11.6 Å². The predicted molar refractivity (Wildman–Crippen MR) is 164 cm³/mol. The minimum atomic E-state index is -0.299. The molecule has 0 spiro atoms. The fraction of sp³-hybridized carbons (Fsp3) is 0.800. The Morgan fingerprint density at radius 2 is 1.81 bits per heavy atom. The van der Waals surface area contributed by atoms with E-state index in [-0.39, 0.29) is 39.0 Å². The van der Waals surface area contributed by atoms with E-state index in [4.69, 9.17) is 10.5 Å². The summed E-state index contributed by atoms with van der Waals surface area (Å²) in [6.07, 6.45) is 11.8. The van der Waals surface area contributed by atoms with E-state index in [0.717, 1.165) is 44.2 Å². The third kappa shape index (κ3) is 3.83. The van der Waals surface area contributed by atoms with Gasteiger partial charge in [-0.15, -0.1) is 0 Å². The van der Waals surface area contributed by atoms with Crippen molar-refractivity contribution in [3.05, 3.63) is 29.6 Å². The average molecular weight is 579 g/mol. The molecule has 0 unspecified atom stereocenters. The summed E-state index contributed by atoms with van der Waals surface area (Å²) < 4.78 is 5.77. The number of esters is 1. The molecule has 0 radical (unpaired) electrons. The summed E-state index contributed by atoms with van der Waals surface area (Å²) in [5.41, 5.74) is 9.31. The Balaban J connectivity index is 1.39. The monoisotopic (exact) mass is 578 g/mol. The van der Waals surface area contributed by atoms with Crippen LogP contribution < -0.4 is 11.1 Å². The molecule has 1 amide bonds. The van der Waals surface area contributed by atoms with Crippen LogP contribution >= 0.6 is 0 Å². The van der Waals surface area contributed by atoms with Gasteiger partial charge in [0.2, 0.25) is 5.91 Å². The van der Waals surface area contributed by atoms with Crippen LogP contribution in [0.2, 0.25) is 0 Å². The number of amides is 1. The Kier molecular flexibility index (Phi) is 7.07. The number of rotatable bonds is 6. The summed E-state index contributed by atoms with van der Waals surface area (Å²) in [6, 6.07) is 0. The minimum Gasteiger partial charge on any atom is -0.465 e. The Morgan fingerprint density at radius 3 is 2.50 bits per heavy atom. The van der Waals surface area contributed by atoms with Crippen molar-refractivity contribution >= 4 is 11.9 Å². The number of hydrogen-bond donors (Lipinski definition) is 3. The summed E-state index contributed by atoms with van der Waals surface area (Å²) in [6.45, 7) is 19.7. The molecule has 5 aliphatic carbocycles. The zero-order chi connectivity index (χ0) is 30.3. The zero-order valence-corrected chi connectivity index (χ0v) is 26.9. The molecule has 10 atom stereocenters. The molecule has 1 aromatic heterocycles. The van der Waals surface area contributed by atoms with Gasteiger partial charge in [0.1, 0.15) is 6.61 Å². The summed E-state index contributed by atoms with van der Waals surface area (Å²) >= 11 is 0. The van der Waals surface area contributed by atoms with E-state index in [1.807, 2.05) is 6.20 Å². The first-order valence-electron chi connectivity index (χ1n) is 16.6. The number of hydrogen-bond acceptors (Lipinski definition) is 5. The zero-order valence-electron chi connectivity index (χ0n) is 26.9. The second-order valence-corrected chi connectivity index (χ2v) is 16.0. The van der Waals surface area contributed by atoms with Gasteiger partial charge in [-0.2, -0.15) is 5.10 Å². The van der Waals surface area contributed by atoms with Crippen LogP contribution in [0.15, 0.2) is 18.3 Å². The molecule has 0 bridgehead atoms. The average Bonchev–Trinajstić information content (AvgIpc) is 3.57. The van der Waals surface area contributed by atoms with E-state index in [0.29, 0.717) is 49.3 Å². The number of H-pyrrole nitrogens is 1. The SMILES string of the molecule is C=C(C)[C@@H]1CC[C@]2(C(=O)NCCN)CC[C@]3(C)[C@H](CC[C@@H]4[C@@]5(C)Cc6cn[nH]c6[C@@](C)(COC(C)=O)[C@@H]5CC[C@]43C)[C@@H]12. The molecule has 1 heterocycles. The van der Waals surface area contributed by atoms with Gasteiger partial charge in [0.25, 0.3) is 0 Å². The third-order valence-corrected chi connectivity index (χ3v) is 14.4. The van der Waals surface area contributed by atoms with E-state index in [1.165, 1.54) is 37.3 Å². The molecule has 4 fully saturated rings. The predicted octanol–water partition coefficient (Wildman–Crippen LogP) is 5.70. The number of nitrogens with zero attached hydrogens (tertiary/aromatic N) is 1. The van der Waals surface area contributed by atoms with Gasteiger partial charge in [0, 0.05) is 31.1 Å². The van der Waals surface area contributed by atoms with Gasteiger partial charge in [-0.1, -0.05) is 39.8 Å². The van der Waals surface area contributed by atoms with Crippen LogP contribution in [-0.2, 0) is 26.2 Å². The van der Waals surface area contributed by atoms with E-state index in [2.05, 4.69) is 56.7 Å². The first-order chi connectivity index (χ1) is 19.8. The number of carbonyl (C=O) groups is 2. The van der Waals surface area contributed by atoms with Crippen molar-refractivity contribution in [2.75, 3.05) is 19.7 Å². The lowest BCUT2D eigenvalue weighted by molar-refractivity contribution is -0.227.